The van der Waals surface area contributed by atoms with Gasteiger partial charge in [0.2, 0.25) is 0 Å². The molecule has 1 fully saturated rings. The molecule has 5 nitrogen and oxygen atoms in total. The van der Waals surface area contributed by atoms with Crippen molar-refractivity contribution in [1.82, 2.24) is 4.90 Å². The lowest BCUT2D eigenvalue weighted by Crippen LogP contribution is -2.49. The summed E-state index contributed by atoms with van der Waals surface area (Å²) < 4.78 is 15.4. The topological polar surface area (TPSA) is 48.0 Å². The number of nitrogens with zero attached hydrogens (tertiary/aromatic N) is 1. The predicted octanol–water partition coefficient (Wildman–Crippen LogP) is 1.02. The number of likely N-dealkylation sites (tertiary alicyclic amines) is 1. The lowest BCUT2D eigenvalue weighted by Gasteiger charge is -2.35. The van der Waals surface area contributed by atoms with Crippen LogP contribution in [0.5, 0.6) is 0 Å². The third-order valence-corrected chi connectivity index (χ3v) is 3.08. The highest BCUT2D eigenvalue weighted by Gasteiger charge is 2.31. The number of piperidine rings is 1. The molecule has 1 aliphatic rings. The minimum Gasteiger partial charge on any atom is -0.465 e. The fraction of sp³-hybridized carbons (Fsp3) is 0.917. The Hall–Kier alpha value is -0.650. The van der Waals surface area contributed by atoms with Gasteiger partial charge in [-0.2, -0.15) is 0 Å². The average Bonchev–Trinajstić information content (AvgIpc) is 2.36. The van der Waals surface area contributed by atoms with Crippen LogP contribution < -0.4 is 0 Å². The van der Waals surface area contributed by atoms with Crippen molar-refractivity contribution in [3.8, 4) is 0 Å². The fourth-order valence-electron chi connectivity index (χ4n) is 2.15. The maximum Gasteiger partial charge on any atom is 0.323 e. The van der Waals surface area contributed by atoms with E-state index < -0.39 is 0 Å². The number of carbonyl (C=O) groups excluding carboxylic acids is 1. The van der Waals surface area contributed by atoms with Crippen LogP contribution in [0.3, 0.4) is 0 Å². The minimum absolute atomic E-state index is 0.127. The van der Waals surface area contributed by atoms with E-state index in [-0.39, 0.29) is 18.3 Å². The van der Waals surface area contributed by atoms with Gasteiger partial charge in [0.05, 0.1) is 13.2 Å². The van der Waals surface area contributed by atoms with Crippen LogP contribution in [0.25, 0.3) is 0 Å². The monoisotopic (exact) mass is 245 g/mol. The molecule has 17 heavy (non-hydrogen) atoms. The molecule has 0 aromatic carbocycles. The molecule has 0 bridgehead atoms. The van der Waals surface area contributed by atoms with Crippen LogP contribution in [-0.2, 0) is 19.0 Å². The van der Waals surface area contributed by atoms with Crippen LogP contribution in [0.4, 0.5) is 0 Å². The second-order valence-corrected chi connectivity index (χ2v) is 4.16. The summed E-state index contributed by atoms with van der Waals surface area (Å²) in [6.07, 6.45) is 2.75. The number of carbonyl (C=O) groups is 1. The van der Waals surface area contributed by atoms with Gasteiger partial charge in [-0.05, 0) is 26.3 Å². The first-order valence-corrected chi connectivity index (χ1v) is 6.19. The van der Waals surface area contributed by atoms with Gasteiger partial charge >= 0.3 is 5.97 Å². The van der Waals surface area contributed by atoms with Crippen molar-refractivity contribution in [3.05, 3.63) is 0 Å². The summed E-state index contributed by atoms with van der Waals surface area (Å²) in [5.41, 5.74) is 0. The van der Waals surface area contributed by atoms with E-state index in [9.17, 15) is 4.79 Å². The van der Waals surface area contributed by atoms with Gasteiger partial charge in [0.15, 0.2) is 6.29 Å². The third-order valence-electron chi connectivity index (χ3n) is 3.08. The molecule has 0 N–H and O–H groups in total. The van der Waals surface area contributed by atoms with Gasteiger partial charge < -0.3 is 14.2 Å². The molecule has 1 aliphatic heterocycles. The molecule has 0 amide bonds. The van der Waals surface area contributed by atoms with Crippen molar-refractivity contribution in [1.29, 1.82) is 0 Å². The molecule has 0 radical (unpaired) electrons. The largest absolute Gasteiger partial charge is 0.465 e. The van der Waals surface area contributed by atoms with Crippen LogP contribution in [0, 0.1) is 0 Å². The SMILES string of the molecule is CCOC(=O)C1CCCCN1CC(OC)OC. The maximum atomic E-state index is 11.8. The summed E-state index contributed by atoms with van der Waals surface area (Å²) in [4.78, 5) is 13.9. The van der Waals surface area contributed by atoms with Crippen molar-refractivity contribution in [2.45, 2.75) is 38.5 Å². The van der Waals surface area contributed by atoms with Crippen LogP contribution >= 0.6 is 0 Å². The average molecular weight is 245 g/mol. The Morgan fingerprint density at radius 2 is 2.06 bits per heavy atom. The molecule has 0 aliphatic carbocycles. The number of rotatable bonds is 6. The van der Waals surface area contributed by atoms with Gasteiger partial charge in [0, 0.05) is 14.2 Å². The van der Waals surface area contributed by atoms with E-state index in [1.807, 2.05) is 6.92 Å². The summed E-state index contributed by atoms with van der Waals surface area (Å²) >= 11 is 0. The number of esters is 1. The Bertz CT molecular complexity index is 231. The van der Waals surface area contributed by atoms with E-state index in [1.54, 1.807) is 14.2 Å². The van der Waals surface area contributed by atoms with E-state index >= 15 is 0 Å². The highest BCUT2D eigenvalue weighted by Crippen LogP contribution is 2.19. The number of hydrogen-bond acceptors (Lipinski definition) is 5. The normalized spacial score (nSPS) is 21.8. The molecule has 0 saturated carbocycles. The van der Waals surface area contributed by atoms with Crippen molar-refractivity contribution in [2.24, 2.45) is 0 Å². The molecule has 0 spiro atoms. The lowest BCUT2D eigenvalue weighted by atomic mass is 10.0. The zero-order chi connectivity index (χ0) is 12.7. The molecular formula is C12H23NO4. The second kappa shape index (κ2) is 7.63. The molecule has 1 rings (SSSR count). The molecule has 100 valence electrons. The van der Waals surface area contributed by atoms with Gasteiger partial charge in [-0.1, -0.05) is 6.42 Å². The third kappa shape index (κ3) is 4.26. The molecule has 5 heteroatoms. The Morgan fingerprint density at radius 3 is 2.65 bits per heavy atom. The molecule has 1 unspecified atom stereocenters. The summed E-state index contributed by atoms with van der Waals surface area (Å²) in [6.45, 7) is 3.77. The van der Waals surface area contributed by atoms with E-state index in [1.165, 1.54) is 0 Å². The maximum absolute atomic E-state index is 11.8. The number of ether oxygens (including phenoxy) is 3. The Morgan fingerprint density at radius 1 is 1.35 bits per heavy atom. The van der Waals surface area contributed by atoms with Crippen molar-refractivity contribution >= 4 is 5.97 Å². The van der Waals surface area contributed by atoms with Gasteiger partial charge in [-0.3, -0.25) is 9.69 Å². The minimum atomic E-state index is -0.287. The smallest absolute Gasteiger partial charge is 0.323 e. The Labute approximate surface area is 103 Å². The fourth-order valence-corrected chi connectivity index (χ4v) is 2.15. The molecular weight excluding hydrogens is 222 g/mol. The zero-order valence-corrected chi connectivity index (χ0v) is 11.0. The number of hydrogen-bond donors (Lipinski definition) is 0. The van der Waals surface area contributed by atoms with Crippen LogP contribution in [0.2, 0.25) is 0 Å². The van der Waals surface area contributed by atoms with Gasteiger partial charge in [0.1, 0.15) is 6.04 Å². The van der Waals surface area contributed by atoms with Gasteiger partial charge in [-0.25, -0.2) is 0 Å². The quantitative estimate of drug-likeness (QED) is 0.516. The Balaban J connectivity index is 2.55. The predicted molar refractivity (Wildman–Crippen MR) is 63.7 cm³/mol. The first-order chi connectivity index (χ1) is 8.22. The van der Waals surface area contributed by atoms with Crippen molar-refractivity contribution in [2.75, 3.05) is 33.9 Å². The molecule has 1 heterocycles. The van der Waals surface area contributed by atoms with E-state index in [2.05, 4.69) is 4.90 Å². The lowest BCUT2D eigenvalue weighted by molar-refractivity contribution is -0.157. The summed E-state index contributed by atoms with van der Waals surface area (Å²) in [5, 5.41) is 0. The number of methoxy groups -OCH3 is 2. The molecule has 1 atom stereocenters. The molecule has 1 saturated heterocycles. The summed E-state index contributed by atoms with van der Waals surface area (Å²) in [5.74, 6) is -0.127. The van der Waals surface area contributed by atoms with Crippen molar-refractivity contribution < 1.29 is 19.0 Å². The standard InChI is InChI=1S/C12H23NO4/c1-4-17-12(14)10-7-5-6-8-13(10)9-11(15-2)16-3/h10-11H,4-9H2,1-3H3. The summed E-state index contributed by atoms with van der Waals surface area (Å²) in [6, 6.07) is -0.142. The van der Waals surface area contributed by atoms with Crippen LogP contribution in [0.1, 0.15) is 26.2 Å². The van der Waals surface area contributed by atoms with E-state index in [0.29, 0.717) is 13.2 Å². The second-order valence-electron chi connectivity index (χ2n) is 4.16. The van der Waals surface area contributed by atoms with Crippen LogP contribution in [-0.4, -0.2) is 57.1 Å². The Kier molecular flexibility index (Phi) is 6.47. The first kappa shape index (κ1) is 14.4. The zero-order valence-electron chi connectivity index (χ0n) is 11.0. The summed E-state index contributed by atoms with van der Waals surface area (Å²) in [7, 11) is 3.22. The van der Waals surface area contributed by atoms with E-state index in [4.69, 9.17) is 14.2 Å². The highest BCUT2D eigenvalue weighted by molar-refractivity contribution is 5.75. The molecule has 0 aromatic heterocycles. The highest BCUT2D eigenvalue weighted by atomic mass is 16.7. The van der Waals surface area contributed by atoms with E-state index in [0.717, 1.165) is 25.8 Å². The van der Waals surface area contributed by atoms with Gasteiger partial charge in [0.25, 0.3) is 0 Å². The first-order valence-electron chi connectivity index (χ1n) is 6.19. The van der Waals surface area contributed by atoms with Gasteiger partial charge in [-0.15, -0.1) is 0 Å². The molecule has 0 aromatic rings. The van der Waals surface area contributed by atoms with Crippen LogP contribution in [0.15, 0.2) is 0 Å². The van der Waals surface area contributed by atoms with Crippen molar-refractivity contribution in [3.63, 3.8) is 0 Å².